The maximum atomic E-state index is 10.7. The van der Waals surface area contributed by atoms with Gasteiger partial charge in [0.25, 0.3) is 0 Å². The van der Waals surface area contributed by atoms with Crippen molar-refractivity contribution in [1.82, 2.24) is 16.0 Å². The zero-order valence-electron chi connectivity index (χ0n) is 11.7. The lowest BCUT2D eigenvalue weighted by atomic mass is 10.2. The van der Waals surface area contributed by atoms with Crippen molar-refractivity contribution >= 4 is 47.6 Å². The van der Waals surface area contributed by atoms with E-state index in [0.717, 1.165) is 19.0 Å². The Labute approximate surface area is 137 Å². The van der Waals surface area contributed by atoms with Crippen LogP contribution in [0, 0.1) is 0 Å². The Bertz CT molecular complexity index is 283. The Kier molecular flexibility index (Phi) is 11.5. The van der Waals surface area contributed by atoms with Crippen LogP contribution in [-0.2, 0) is 4.79 Å². The summed E-state index contributed by atoms with van der Waals surface area (Å²) in [6, 6.07) is 0. The van der Waals surface area contributed by atoms with Crippen molar-refractivity contribution in [3.05, 3.63) is 0 Å². The molecule has 7 heteroatoms. The molecular weight excluding hydrogens is 375 g/mol. The van der Waals surface area contributed by atoms with E-state index in [2.05, 4.69) is 27.9 Å². The van der Waals surface area contributed by atoms with Crippen LogP contribution in [0.5, 0.6) is 0 Å². The molecule has 112 valence electrons. The number of hydrogen-bond acceptors (Lipinski definition) is 3. The molecule has 1 saturated heterocycles. The highest BCUT2D eigenvalue weighted by Crippen LogP contribution is 2.25. The molecule has 0 aromatic carbocycles. The number of aliphatic imine (C=N–C) groups is 1. The largest absolute Gasteiger partial charge is 0.357 e. The monoisotopic (exact) mass is 400 g/mol. The summed E-state index contributed by atoms with van der Waals surface area (Å²) in [5.41, 5.74) is 0. The van der Waals surface area contributed by atoms with Crippen molar-refractivity contribution in [2.24, 2.45) is 4.99 Å². The molecule has 0 saturated carbocycles. The summed E-state index contributed by atoms with van der Waals surface area (Å²) in [7, 11) is 0. The molecule has 1 unspecified atom stereocenters. The fraction of sp³-hybridized carbons (Fsp3) is 0.833. The maximum Gasteiger partial charge on any atom is 0.216 e. The van der Waals surface area contributed by atoms with Gasteiger partial charge in [0.2, 0.25) is 5.91 Å². The number of halogens is 1. The predicted octanol–water partition coefficient (Wildman–Crippen LogP) is 1.19. The Morgan fingerprint density at radius 1 is 1.32 bits per heavy atom. The number of hydrogen-bond donors (Lipinski definition) is 3. The molecule has 1 amide bonds. The first-order valence-corrected chi connectivity index (χ1v) is 7.65. The van der Waals surface area contributed by atoms with Gasteiger partial charge in [-0.15, -0.1) is 24.0 Å². The molecule has 1 aliphatic rings. The lowest BCUT2D eigenvalue weighted by Gasteiger charge is -2.12. The van der Waals surface area contributed by atoms with Crippen molar-refractivity contribution in [2.45, 2.75) is 31.9 Å². The number of nitrogens with zero attached hydrogens (tertiary/aromatic N) is 1. The quantitative estimate of drug-likeness (QED) is 0.271. The molecule has 1 rings (SSSR count). The summed E-state index contributed by atoms with van der Waals surface area (Å²) in [6.45, 7) is 6.62. The highest BCUT2D eigenvalue weighted by Gasteiger charge is 2.14. The predicted molar refractivity (Wildman–Crippen MR) is 93.6 cm³/mol. The Hall–Kier alpha value is -0.180. The molecule has 1 atom stereocenters. The molecular formula is C12H25IN4OS. The van der Waals surface area contributed by atoms with Gasteiger partial charge in [-0.3, -0.25) is 9.79 Å². The van der Waals surface area contributed by atoms with Crippen molar-refractivity contribution in [2.75, 3.05) is 31.9 Å². The third kappa shape index (κ3) is 9.37. The number of thioether (sulfide) groups is 1. The van der Waals surface area contributed by atoms with Crippen LogP contribution >= 0.6 is 35.7 Å². The van der Waals surface area contributed by atoms with Gasteiger partial charge >= 0.3 is 0 Å². The number of guanidine groups is 1. The maximum absolute atomic E-state index is 10.7. The first-order chi connectivity index (χ1) is 8.72. The third-order valence-electron chi connectivity index (χ3n) is 2.61. The van der Waals surface area contributed by atoms with Gasteiger partial charge in [0.1, 0.15) is 0 Å². The summed E-state index contributed by atoms with van der Waals surface area (Å²) in [5, 5.41) is 9.86. The molecule has 1 heterocycles. The van der Waals surface area contributed by atoms with Crippen molar-refractivity contribution in [3.63, 3.8) is 0 Å². The van der Waals surface area contributed by atoms with Gasteiger partial charge in [0.15, 0.2) is 5.96 Å². The summed E-state index contributed by atoms with van der Waals surface area (Å²) in [4.78, 5) is 15.3. The van der Waals surface area contributed by atoms with Gasteiger partial charge in [-0.25, -0.2) is 0 Å². The SMILES string of the molecule is CCNC(=NCC1CCCS1)NCCNC(C)=O.I. The zero-order valence-corrected chi connectivity index (χ0v) is 14.8. The molecule has 0 aliphatic carbocycles. The lowest BCUT2D eigenvalue weighted by molar-refractivity contribution is -0.118. The molecule has 5 nitrogen and oxygen atoms in total. The van der Waals surface area contributed by atoms with Gasteiger partial charge in [0, 0.05) is 31.8 Å². The first-order valence-electron chi connectivity index (χ1n) is 6.60. The number of amides is 1. The average Bonchev–Trinajstić information content (AvgIpc) is 2.84. The Morgan fingerprint density at radius 2 is 2.05 bits per heavy atom. The molecule has 1 aliphatic heterocycles. The van der Waals surface area contributed by atoms with Crippen molar-refractivity contribution in [3.8, 4) is 0 Å². The minimum absolute atomic E-state index is 0. The smallest absolute Gasteiger partial charge is 0.216 e. The van der Waals surface area contributed by atoms with Crippen molar-refractivity contribution < 1.29 is 4.79 Å². The number of carbonyl (C=O) groups excluding carboxylic acids is 1. The summed E-state index contributed by atoms with van der Waals surface area (Å²) in [6.07, 6.45) is 2.59. The lowest BCUT2D eigenvalue weighted by Crippen LogP contribution is -2.41. The fourth-order valence-electron chi connectivity index (χ4n) is 1.74. The summed E-state index contributed by atoms with van der Waals surface area (Å²) in [5.74, 6) is 2.11. The van der Waals surface area contributed by atoms with E-state index in [1.54, 1.807) is 0 Å². The van der Waals surface area contributed by atoms with Crippen LogP contribution < -0.4 is 16.0 Å². The minimum atomic E-state index is 0. The number of carbonyl (C=O) groups is 1. The second-order valence-corrected chi connectivity index (χ2v) is 5.67. The summed E-state index contributed by atoms with van der Waals surface area (Å²) >= 11 is 2.02. The van der Waals surface area contributed by atoms with E-state index in [-0.39, 0.29) is 29.9 Å². The number of nitrogens with one attached hydrogen (secondary N) is 3. The van der Waals surface area contributed by atoms with E-state index in [4.69, 9.17) is 0 Å². The van der Waals surface area contributed by atoms with Crippen LogP contribution in [0.15, 0.2) is 4.99 Å². The Morgan fingerprint density at radius 3 is 2.63 bits per heavy atom. The number of rotatable bonds is 6. The standard InChI is InChI=1S/C12H24N4OS.HI/c1-3-13-12(15-7-6-14-10(2)17)16-9-11-5-4-8-18-11;/h11H,3-9H2,1-2H3,(H,14,17)(H2,13,15,16);1H. The summed E-state index contributed by atoms with van der Waals surface area (Å²) < 4.78 is 0. The van der Waals surface area contributed by atoms with Crippen LogP contribution in [0.2, 0.25) is 0 Å². The minimum Gasteiger partial charge on any atom is -0.357 e. The normalized spacial score (nSPS) is 18.6. The van der Waals surface area contributed by atoms with E-state index in [1.165, 1.54) is 25.5 Å². The second kappa shape index (κ2) is 11.6. The highest BCUT2D eigenvalue weighted by atomic mass is 127. The topological polar surface area (TPSA) is 65.5 Å². The molecule has 0 bridgehead atoms. The van der Waals surface area contributed by atoms with Crippen LogP contribution in [0.4, 0.5) is 0 Å². The molecule has 0 radical (unpaired) electrons. The van der Waals surface area contributed by atoms with E-state index >= 15 is 0 Å². The van der Waals surface area contributed by atoms with E-state index < -0.39 is 0 Å². The molecule has 0 spiro atoms. The third-order valence-corrected chi connectivity index (χ3v) is 3.99. The average molecular weight is 400 g/mol. The first kappa shape index (κ1) is 18.8. The van der Waals surface area contributed by atoms with Crippen LogP contribution in [0.3, 0.4) is 0 Å². The molecule has 19 heavy (non-hydrogen) atoms. The van der Waals surface area contributed by atoms with Gasteiger partial charge in [-0.1, -0.05) is 0 Å². The van der Waals surface area contributed by atoms with Crippen LogP contribution in [0.25, 0.3) is 0 Å². The van der Waals surface area contributed by atoms with Gasteiger partial charge < -0.3 is 16.0 Å². The highest BCUT2D eigenvalue weighted by molar-refractivity contribution is 14.0. The molecule has 0 aromatic heterocycles. The second-order valence-electron chi connectivity index (χ2n) is 4.26. The van der Waals surface area contributed by atoms with E-state index in [9.17, 15) is 4.79 Å². The van der Waals surface area contributed by atoms with Crippen LogP contribution in [-0.4, -0.2) is 49.0 Å². The molecule has 0 aromatic rings. The van der Waals surface area contributed by atoms with Crippen molar-refractivity contribution in [1.29, 1.82) is 0 Å². The molecule has 1 fully saturated rings. The van der Waals surface area contributed by atoms with Crippen LogP contribution in [0.1, 0.15) is 26.7 Å². The Balaban J connectivity index is 0.00000324. The van der Waals surface area contributed by atoms with Gasteiger partial charge in [0.05, 0.1) is 6.54 Å². The van der Waals surface area contributed by atoms with Gasteiger partial charge in [-0.05, 0) is 25.5 Å². The molecule has 3 N–H and O–H groups in total. The van der Waals surface area contributed by atoms with E-state index in [1.807, 2.05) is 11.8 Å². The zero-order chi connectivity index (χ0) is 13.2. The van der Waals surface area contributed by atoms with Gasteiger partial charge in [-0.2, -0.15) is 11.8 Å². The van der Waals surface area contributed by atoms with E-state index in [0.29, 0.717) is 18.3 Å². The fourth-order valence-corrected chi connectivity index (χ4v) is 2.92.